The zero-order valence-corrected chi connectivity index (χ0v) is 16.8. The first kappa shape index (κ1) is 18.5. The maximum Gasteiger partial charge on any atom is 0.317 e. The Bertz CT molecular complexity index is 953. The summed E-state index contributed by atoms with van der Waals surface area (Å²) in [5.74, 6) is 0.647. The Kier molecular flexibility index (Phi) is 4.89. The summed E-state index contributed by atoms with van der Waals surface area (Å²) in [5.41, 5.74) is 1.88. The normalized spacial score (nSPS) is 20.4. The topological polar surface area (TPSA) is 70.5 Å². The van der Waals surface area contributed by atoms with Crippen LogP contribution in [-0.2, 0) is 6.54 Å². The highest BCUT2D eigenvalue weighted by atomic mass is 16.2. The molecule has 2 amide bonds. The molecule has 3 fully saturated rings. The van der Waals surface area contributed by atoms with E-state index in [2.05, 4.69) is 15.2 Å². The highest BCUT2D eigenvalue weighted by molar-refractivity contribution is 5.81. The van der Waals surface area contributed by atoms with Crippen molar-refractivity contribution in [3.05, 3.63) is 34.9 Å². The number of anilines is 1. The van der Waals surface area contributed by atoms with Crippen LogP contribution in [0.1, 0.15) is 38.5 Å². The monoisotopic (exact) mass is 395 g/mol. The molecule has 1 N–H and O–H groups in total. The Hall–Kier alpha value is -2.57. The molecule has 1 aromatic heterocycles. The molecule has 29 heavy (non-hydrogen) atoms. The lowest BCUT2D eigenvalue weighted by Gasteiger charge is -2.36. The summed E-state index contributed by atoms with van der Waals surface area (Å²) in [5, 5.41) is 3.86. The first-order valence-corrected chi connectivity index (χ1v) is 11.0. The van der Waals surface area contributed by atoms with Gasteiger partial charge in [-0.2, -0.15) is 0 Å². The average molecular weight is 396 g/mol. The molecule has 7 nitrogen and oxygen atoms in total. The second-order valence-corrected chi connectivity index (χ2v) is 8.75. The maximum atomic E-state index is 12.7. The Labute approximate surface area is 170 Å². The molecule has 154 valence electrons. The van der Waals surface area contributed by atoms with Gasteiger partial charge < -0.3 is 15.1 Å². The van der Waals surface area contributed by atoms with Gasteiger partial charge in [0.15, 0.2) is 0 Å². The largest absolute Gasteiger partial charge is 0.368 e. The van der Waals surface area contributed by atoms with E-state index in [-0.39, 0.29) is 11.6 Å². The van der Waals surface area contributed by atoms with Crippen LogP contribution in [0, 0.1) is 5.92 Å². The van der Waals surface area contributed by atoms with Crippen molar-refractivity contribution in [1.29, 1.82) is 0 Å². The first-order valence-electron chi connectivity index (χ1n) is 11.0. The molecule has 1 saturated heterocycles. The van der Waals surface area contributed by atoms with Gasteiger partial charge in [-0.3, -0.25) is 9.36 Å². The van der Waals surface area contributed by atoms with Gasteiger partial charge in [0.2, 0.25) is 0 Å². The van der Waals surface area contributed by atoms with Gasteiger partial charge in [0.1, 0.15) is 0 Å². The molecule has 3 aliphatic rings. The summed E-state index contributed by atoms with van der Waals surface area (Å²) in [6.07, 6.45) is 8.79. The summed E-state index contributed by atoms with van der Waals surface area (Å²) >= 11 is 0. The molecule has 2 aromatic rings. The minimum atomic E-state index is 0.0573. The van der Waals surface area contributed by atoms with Crippen molar-refractivity contribution in [1.82, 2.24) is 19.8 Å². The van der Waals surface area contributed by atoms with Crippen LogP contribution in [-0.4, -0.2) is 52.7 Å². The molecule has 1 aliphatic heterocycles. The zero-order valence-electron chi connectivity index (χ0n) is 16.8. The number of hydrogen-bond donors (Lipinski definition) is 1. The van der Waals surface area contributed by atoms with E-state index >= 15 is 0 Å². The van der Waals surface area contributed by atoms with Crippen LogP contribution in [0.2, 0.25) is 0 Å². The molecule has 0 bridgehead atoms. The molecule has 1 aromatic carbocycles. The van der Waals surface area contributed by atoms with E-state index in [0.717, 1.165) is 43.7 Å². The maximum absolute atomic E-state index is 12.7. The fourth-order valence-corrected chi connectivity index (χ4v) is 4.56. The number of rotatable bonds is 4. The fourth-order valence-electron chi connectivity index (χ4n) is 4.56. The van der Waals surface area contributed by atoms with Crippen LogP contribution in [0.5, 0.6) is 0 Å². The minimum absolute atomic E-state index is 0.0573. The van der Waals surface area contributed by atoms with E-state index in [1.54, 1.807) is 10.9 Å². The summed E-state index contributed by atoms with van der Waals surface area (Å²) in [6, 6.07) is 6.36. The number of nitrogens with zero attached hydrogens (tertiary/aromatic N) is 4. The van der Waals surface area contributed by atoms with Gasteiger partial charge in [0.25, 0.3) is 5.56 Å². The fraction of sp³-hybridized carbons (Fsp3) is 0.591. The number of carbonyl (C=O) groups is 1. The predicted molar refractivity (Wildman–Crippen MR) is 113 cm³/mol. The van der Waals surface area contributed by atoms with Crippen LogP contribution in [0.3, 0.4) is 0 Å². The number of carbonyl (C=O) groups excluding carboxylic acids is 1. The van der Waals surface area contributed by atoms with Crippen LogP contribution in [0.4, 0.5) is 10.5 Å². The van der Waals surface area contributed by atoms with Crippen molar-refractivity contribution in [2.24, 2.45) is 5.92 Å². The lowest BCUT2D eigenvalue weighted by molar-refractivity contribution is 0.190. The van der Waals surface area contributed by atoms with Gasteiger partial charge in [0, 0.05) is 44.5 Å². The van der Waals surface area contributed by atoms with Gasteiger partial charge >= 0.3 is 6.03 Å². The van der Waals surface area contributed by atoms with E-state index in [0.29, 0.717) is 30.4 Å². The second kappa shape index (κ2) is 7.69. The van der Waals surface area contributed by atoms with Crippen molar-refractivity contribution in [3.8, 4) is 0 Å². The molecule has 2 saturated carbocycles. The Morgan fingerprint density at radius 2 is 1.83 bits per heavy atom. The number of urea groups is 1. The van der Waals surface area contributed by atoms with Gasteiger partial charge in [0.05, 0.1) is 17.2 Å². The molecule has 2 aliphatic carbocycles. The van der Waals surface area contributed by atoms with Crippen molar-refractivity contribution in [2.75, 3.05) is 31.1 Å². The average Bonchev–Trinajstić information content (AvgIpc) is 3.42. The molecule has 2 heterocycles. The molecule has 5 rings (SSSR count). The number of amides is 2. The highest BCUT2D eigenvalue weighted by Crippen LogP contribution is 2.30. The Balaban J connectivity index is 1.24. The van der Waals surface area contributed by atoms with Gasteiger partial charge in [-0.1, -0.05) is 12.8 Å². The SMILES string of the molecule is O=C(NC1CCCC1)N1CCN(c2ccc3c(=O)n(CC4CC4)cnc3c2)CC1. The van der Waals surface area contributed by atoms with Gasteiger partial charge in [-0.15, -0.1) is 0 Å². The smallest absolute Gasteiger partial charge is 0.317 e. The van der Waals surface area contributed by atoms with Gasteiger partial charge in [-0.05, 0) is 49.8 Å². The quantitative estimate of drug-likeness (QED) is 0.864. The van der Waals surface area contributed by atoms with Crippen LogP contribution in [0.15, 0.2) is 29.3 Å². The predicted octanol–water partition coefficient (Wildman–Crippen LogP) is 2.58. The van der Waals surface area contributed by atoms with E-state index in [1.807, 2.05) is 23.1 Å². The zero-order chi connectivity index (χ0) is 19.8. The summed E-state index contributed by atoms with van der Waals surface area (Å²) in [7, 11) is 0. The van der Waals surface area contributed by atoms with Crippen molar-refractivity contribution >= 4 is 22.6 Å². The van der Waals surface area contributed by atoms with E-state index in [1.165, 1.54) is 25.7 Å². The third-order valence-corrected chi connectivity index (χ3v) is 6.58. The Morgan fingerprint density at radius 3 is 2.55 bits per heavy atom. The van der Waals surface area contributed by atoms with Crippen LogP contribution >= 0.6 is 0 Å². The lowest BCUT2D eigenvalue weighted by Crippen LogP contribution is -2.53. The van der Waals surface area contributed by atoms with E-state index in [9.17, 15) is 9.59 Å². The number of benzene rings is 1. The summed E-state index contributed by atoms with van der Waals surface area (Å²) in [4.78, 5) is 33.9. The van der Waals surface area contributed by atoms with E-state index < -0.39 is 0 Å². The molecule has 7 heteroatoms. The highest BCUT2D eigenvalue weighted by Gasteiger charge is 2.25. The number of aromatic nitrogens is 2. The van der Waals surface area contributed by atoms with Crippen molar-refractivity contribution in [3.63, 3.8) is 0 Å². The van der Waals surface area contributed by atoms with Crippen LogP contribution in [0.25, 0.3) is 10.9 Å². The number of hydrogen-bond acceptors (Lipinski definition) is 4. The van der Waals surface area contributed by atoms with Crippen molar-refractivity contribution < 1.29 is 4.79 Å². The van der Waals surface area contributed by atoms with Crippen molar-refractivity contribution in [2.45, 2.75) is 51.1 Å². The summed E-state index contributed by atoms with van der Waals surface area (Å²) in [6.45, 7) is 3.80. The van der Waals surface area contributed by atoms with E-state index in [4.69, 9.17) is 0 Å². The molecule has 0 radical (unpaired) electrons. The lowest BCUT2D eigenvalue weighted by atomic mass is 10.2. The minimum Gasteiger partial charge on any atom is -0.368 e. The molecule has 0 unspecified atom stereocenters. The number of piperazine rings is 1. The van der Waals surface area contributed by atoms with Gasteiger partial charge in [-0.25, -0.2) is 9.78 Å². The number of fused-ring (bicyclic) bond motifs is 1. The standard InChI is InChI=1S/C22H29N5O2/c28-21-19-8-7-18(13-20(19)23-15-27(21)14-16-5-6-16)25-9-11-26(12-10-25)22(29)24-17-3-1-2-4-17/h7-8,13,15-17H,1-6,9-12,14H2,(H,24,29). The first-order chi connectivity index (χ1) is 14.2. The molecular weight excluding hydrogens is 366 g/mol. The third kappa shape index (κ3) is 3.95. The molecule has 0 atom stereocenters. The molecule has 0 spiro atoms. The molecular formula is C22H29N5O2. The summed E-state index contributed by atoms with van der Waals surface area (Å²) < 4.78 is 1.75. The third-order valence-electron chi connectivity index (χ3n) is 6.58. The Morgan fingerprint density at radius 1 is 1.07 bits per heavy atom. The van der Waals surface area contributed by atoms with Crippen LogP contribution < -0.4 is 15.8 Å². The second-order valence-electron chi connectivity index (χ2n) is 8.75. The number of nitrogens with one attached hydrogen (secondary N) is 1.